The topological polar surface area (TPSA) is 246 Å². The van der Waals surface area contributed by atoms with Crippen LogP contribution in [0.15, 0.2) is 36.4 Å². The van der Waals surface area contributed by atoms with Gasteiger partial charge >= 0.3 is 11.9 Å². The number of hydrogen-bond donors (Lipinski definition) is 6. The minimum absolute atomic E-state index is 0.427. The lowest BCUT2D eigenvalue weighted by Crippen LogP contribution is -2.09. The van der Waals surface area contributed by atoms with Crippen molar-refractivity contribution in [3.63, 3.8) is 0 Å². The van der Waals surface area contributed by atoms with Gasteiger partial charge < -0.3 is 21.1 Å². The van der Waals surface area contributed by atoms with Gasteiger partial charge in [-0.15, -0.1) is 0 Å². The second-order valence-electron chi connectivity index (χ2n) is 4.87. The molecule has 8 N–H and O–H groups in total. The second-order valence-corrected chi connectivity index (χ2v) is 4.87. The molecule has 150 valence electrons. The van der Waals surface area contributed by atoms with E-state index < -0.39 is 11.9 Å². The Balaban J connectivity index is 0.000000447. The van der Waals surface area contributed by atoms with Crippen molar-refractivity contribution >= 4 is 23.3 Å². The van der Waals surface area contributed by atoms with E-state index >= 15 is 0 Å². The van der Waals surface area contributed by atoms with Gasteiger partial charge in [-0.1, -0.05) is 0 Å². The van der Waals surface area contributed by atoms with E-state index in [2.05, 4.69) is 10.9 Å². The molecule has 0 fully saturated rings. The van der Waals surface area contributed by atoms with Crippen LogP contribution in [0.2, 0.25) is 0 Å². The maximum atomic E-state index is 9.10. The Labute approximate surface area is 170 Å². The summed E-state index contributed by atoms with van der Waals surface area (Å²) in [5, 5.41) is 49.0. The first kappa shape index (κ1) is 24.9. The standard InChI is InChI=1S/2C8H6N4.C2H2O4/c2*9-4-6-1-2-7(5-10)8(3-6)12-11;3-1(4)2(5)6/h2*1-3,12H,11H2;(H,3,4)(H,5,6). The number of nitrogens with zero attached hydrogens (tertiary/aromatic N) is 4. The third kappa shape index (κ3) is 8.04. The highest BCUT2D eigenvalue weighted by molar-refractivity contribution is 6.27. The molecule has 0 radical (unpaired) electrons. The van der Waals surface area contributed by atoms with Crippen LogP contribution in [-0.4, -0.2) is 22.2 Å². The summed E-state index contributed by atoms with van der Waals surface area (Å²) in [6.07, 6.45) is 0. The first-order valence-electron chi connectivity index (χ1n) is 7.55. The van der Waals surface area contributed by atoms with Crippen LogP contribution in [0.1, 0.15) is 22.3 Å². The molecule has 0 aliphatic rings. The average Bonchev–Trinajstić information content (AvgIpc) is 2.78. The van der Waals surface area contributed by atoms with Crippen LogP contribution in [0, 0.1) is 45.3 Å². The molecule has 12 heteroatoms. The van der Waals surface area contributed by atoms with Crippen LogP contribution in [0.5, 0.6) is 0 Å². The molecule has 0 spiro atoms. The van der Waals surface area contributed by atoms with E-state index in [-0.39, 0.29) is 0 Å². The van der Waals surface area contributed by atoms with Crippen LogP contribution in [0.4, 0.5) is 11.4 Å². The predicted molar refractivity (Wildman–Crippen MR) is 103 cm³/mol. The molecule has 0 heterocycles. The van der Waals surface area contributed by atoms with Crippen molar-refractivity contribution in [2.24, 2.45) is 11.7 Å². The van der Waals surface area contributed by atoms with E-state index in [9.17, 15) is 0 Å². The molecular weight excluding hydrogens is 392 g/mol. The summed E-state index contributed by atoms with van der Waals surface area (Å²) in [6, 6.07) is 17.1. The number of nitrogens with two attached hydrogens (primary N) is 2. The Morgan fingerprint density at radius 1 is 0.700 bits per heavy atom. The first-order chi connectivity index (χ1) is 14.3. The van der Waals surface area contributed by atoms with Crippen molar-refractivity contribution < 1.29 is 19.8 Å². The van der Waals surface area contributed by atoms with Gasteiger partial charge in [-0.3, -0.25) is 11.7 Å². The van der Waals surface area contributed by atoms with Crippen molar-refractivity contribution in [2.45, 2.75) is 0 Å². The van der Waals surface area contributed by atoms with Crippen LogP contribution in [-0.2, 0) is 9.59 Å². The number of aliphatic carboxylic acids is 2. The Kier molecular flexibility index (Phi) is 10.8. The lowest BCUT2D eigenvalue weighted by molar-refractivity contribution is -0.159. The molecule has 2 aromatic rings. The van der Waals surface area contributed by atoms with Crippen molar-refractivity contribution in [2.75, 3.05) is 10.9 Å². The highest BCUT2D eigenvalue weighted by atomic mass is 16.4. The molecule has 0 aliphatic carbocycles. The summed E-state index contributed by atoms with van der Waals surface area (Å²) in [5.74, 6) is 6.63. The quantitative estimate of drug-likeness (QED) is 0.228. The van der Waals surface area contributed by atoms with E-state index in [1.54, 1.807) is 24.3 Å². The Hall–Kier alpha value is -5.14. The zero-order chi connectivity index (χ0) is 23.1. The van der Waals surface area contributed by atoms with Crippen LogP contribution in [0.3, 0.4) is 0 Å². The molecule has 0 saturated carbocycles. The van der Waals surface area contributed by atoms with Gasteiger partial charge in [0.1, 0.15) is 12.1 Å². The Morgan fingerprint density at radius 3 is 1.23 bits per heavy atom. The molecule has 0 aliphatic heterocycles. The fourth-order valence-corrected chi connectivity index (χ4v) is 1.66. The molecule has 30 heavy (non-hydrogen) atoms. The maximum absolute atomic E-state index is 9.10. The summed E-state index contributed by atoms with van der Waals surface area (Å²) in [7, 11) is 0. The zero-order valence-corrected chi connectivity index (χ0v) is 15.1. The average molecular weight is 406 g/mol. The van der Waals surface area contributed by atoms with Gasteiger partial charge in [-0.25, -0.2) is 9.59 Å². The van der Waals surface area contributed by atoms with Gasteiger partial charge in [0.2, 0.25) is 0 Å². The Bertz CT molecular complexity index is 1000. The highest BCUT2D eigenvalue weighted by Crippen LogP contribution is 2.15. The van der Waals surface area contributed by atoms with Crippen molar-refractivity contribution in [3.8, 4) is 24.3 Å². The molecule has 2 aromatic carbocycles. The summed E-state index contributed by atoms with van der Waals surface area (Å²) in [6.45, 7) is 0. The van der Waals surface area contributed by atoms with Gasteiger partial charge in [-0.05, 0) is 36.4 Å². The minimum atomic E-state index is -1.82. The van der Waals surface area contributed by atoms with Gasteiger partial charge in [0, 0.05) is 0 Å². The number of carbonyl (C=O) groups is 2. The van der Waals surface area contributed by atoms with Crippen molar-refractivity contribution in [3.05, 3.63) is 58.7 Å². The fourth-order valence-electron chi connectivity index (χ4n) is 1.66. The molecule has 0 atom stereocenters. The summed E-state index contributed by atoms with van der Waals surface area (Å²) in [5.41, 5.74) is 7.44. The minimum Gasteiger partial charge on any atom is -0.473 e. The lowest BCUT2D eigenvalue weighted by atomic mass is 10.1. The summed E-state index contributed by atoms with van der Waals surface area (Å²) >= 11 is 0. The monoisotopic (exact) mass is 406 g/mol. The smallest absolute Gasteiger partial charge is 0.414 e. The van der Waals surface area contributed by atoms with Crippen LogP contribution in [0.25, 0.3) is 0 Å². The largest absolute Gasteiger partial charge is 0.473 e. The normalized spacial score (nSPS) is 8.07. The number of nitrogens with one attached hydrogen (secondary N) is 2. The SMILES string of the molecule is N#Cc1ccc(C#N)c(NN)c1.N#Cc1ccc(C#N)c(NN)c1.O=C(O)C(=O)O. The number of anilines is 2. The fraction of sp³-hybridized carbons (Fsp3) is 0. The van der Waals surface area contributed by atoms with Gasteiger partial charge in [0.15, 0.2) is 0 Å². The molecule has 0 aromatic heterocycles. The van der Waals surface area contributed by atoms with Gasteiger partial charge in [0.05, 0.1) is 45.8 Å². The molecule has 0 unspecified atom stereocenters. The molecule has 0 saturated heterocycles. The first-order valence-corrected chi connectivity index (χ1v) is 7.55. The van der Waals surface area contributed by atoms with Crippen LogP contribution < -0.4 is 22.5 Å². The highest BCUT2D eigenvalue weighted by Gasteiger charge is 2.04. The number of hydrazine groups is 2. The summed E-state index contributed by atoms with van der Waals surface area (Å²) in [4.78, 5) is 18.2. The number of carboxylic acid groups (broad SMARTS) is 2. The number of carboxylic acids is 2. The van der Waals surface area contributed by atoms with Crippen molar-refractivity contribution in [1.82, 2.24) is 0 Å². The van der Waals surface area contributed by atoms with Crippen LogP contribution >= 0.6 is 0 Å². The van der Waals surface area contributed by atoms with E-state index in [1.807, 2.05) is 24.3 Å². The maximum Gasteiger partial charge on any atom is 0.414 e. The molecular formula is C18H14N8O4. The van der Waals surface area contributed by atoms with E-state index in [1.165, 1.54) is 12.1 Å². The van der Waals surface area contributed by atoms with E-state index in [0.717, 1.165) is 0 Å². The Morgan fingerprint density at radius 2 is 1.03 bits per heavy atom. The van der Waals surface area contributed by atoms with Crippen molar-refractivity contribution in [1.29, 1.82) is 21.0 Å². The molecule has 0 amide bonds. The lowest BCUT2D eigenvalue weighted by Gasteiger charge is -2.01. The number of benzene rings is 2. The number of nitriles is 4. The predicted octanol–water partition coefficient (Wildman–Crippen LogP) is 0.587. The van der Waals surface area contributed by atoms with E-state index in [0.29, 0.717) is 33.6 Å². The van der Waals surface area contributed by atoms with E-state index in [4.69, 9.17) is 52.5 Å². The number of nitrogen functional groups attached to an aromatic ring is 2. The van der Waals surface area contributed by atoms with Gasteiger partial charge in [0.25, 0.3) is 0 Å². The van der Waals surface area contributed by atoms with Gasteiger partial charge in [-0.2, -0.15) is 21.0 Å². The second kappa shape index (κ2) is 13.1. The molecule has 12 nitrogen and oxygen atoms in total. The third-order valence-corrected chi connectivity index (χ3v) is 3.03. The molecule has 0 bridgehead atoms. The number of hydrogen-bond acceptors (Lipinski definition) is 10. The summed E-state index contributed by atoms with van der Waals surface area (Å²) < 4.78 is 0. The molecule has 2 rings (SSSR count). The number of rotatable bonds is 2. The third-order valence-electron chi connectivity index (χ3n) is 3.03. The zero-order valence-electron chi connectivity index (χ0n) is 15.1.